The van der Waals surface area contributed by atoms with Gasteiger partial charge in [-0.05, 0) is 0 Å². The fraction of sp³-hybridized carbons (Fsp3) is 0.400. The summed E-state index contributed by atoms with van der Waals surface area (Å²) in [6.45, 7) is 0.501. The summed E-state index contributed by atoms with van der Waals surface area (Å²) in [4.78, 5) is 28.9. The molecule has 0 saturated carbocycles. The van der Waals surface area contributed by atoms with Gasteiger partial charge in [-0.25, -0.2) is 4.79 Å². The number of carbonyl (C=O) groups is 2. The van der Waals surface area contributed by atoms with Crippen LogP contribution in [0.2, 0.25) is 0 Å². The lowest BCUT2D eigenvalue weighted by Gasteiger charge is -2.28. The molecule has 2 unspecified atom stereocenters. The lowest BCUT2D eigenvalue weighted by molar-refractivity contribution is -0.122. The Kier molecular flexibility index (Phi) is 2.24. The van der Waals surface area contributed by atoms with E-state index in [4.69, 9.17) is 16.2 Å². The van der Waals surface area contributed by atoms with Gasteiger partial charge in [0.05, 0.1) is 19.0 Å². The molecule has 4 N–H and O–H groups in total. The summed E-state index contributed by atoms with van der Waals surface area (Å²) < 4.78 is 6.11. The number of aromatic nitrogens is 2. The van der Waals surface area contributed by atoms with Gasteiger partial charge in [0.2, 0.25) is 11.8 Å². The Hall–Kier alpha value is -2.58. The van der Waals surface area contributed by atoms with Gasteiger partial charge in [-0.3, -0.25) is 9.79 Å². The fourth-order valence-electron chi connectivity index (χ4n) is 2.54. The molecule has 1 aromatic rings. The summed E-state index contributed by atoms with van der Waals surface area (Å²) >= 11 is 0. The van der Waals surface area contributed by atoms with Crippen molar-refractivity contribution in [2.45, 2.75) is 12.1 Å². The van der Waals surface area contributed by atoms with Gasteiger partial charge in [-0.2, -0.15) is 5.10 Å². The molecule has 9 heteroatoms. The highest BCUT2D eigenvalue weighted by molar-refractivity contribution is 5.86. The molecule has 0 aromatic carbocycles. The van der Waals surface area contributed by atoms with Crippen molar-refractivity contribution in [3.05, 3.63) is 11.3 Å². The number of carbonyl (C=O) groups excluding carboxylic acids is 2. The van der Waals surface area contributed by atoms with E-state index in [-0.39, 0.29) is 11.9 Å². The average Bonchev–Trinajstić information content (AvgIpc) is 2.92. The van der Waals surface area contributed by atoms with Gasteiger partial charge in [0, 0.05) is 6.54 Å². The predicted octanol–water partition coefficient (Wildman–Crippen LogP) is -1.26. The van der Waals surface area contributed by atoms with Crippen LogP contribution in [0, 0.1) is 0 Å². The summed E-state index contributed by atoms with van der Waals surface area (Å²) in [5.74, 6) is -0.359. The number of nitrogens with zero attached hydrogens (tertiary/aromatic N) is 4. The van der Waals surface area contributed by atoms with Crippen LogP contribution in [-0.2, 0) is 4.79 Å². The van der Waals surface area contributed by atoms with Crippen molar-refractivity contribution >= 4 is 18.3 Å². The Morgan fingerprint density at radius 1 is 1.47 bits per heavy atom. The van der Waals surface area contributed by atoms with E-state index in [0.717, 1.165) is 4.68 Å². The molecule has 2 amide bonds. The molecule has 2 bridgehead atoms. The van der Waals surface area contributed by atoms with Crippen molar-refractivity contribution < 1.29 is 14.3 Å². The maximum Gasteiger partial charge on any atom is 0.342 e. The number of rotatable bonds is 2. The molecule has 3 heterocycles. The van der Waals surface area contributed by atoms with Crippen LogP contribution in [-0.4, -0.2) is 46.6 Å². The third-order valence-electron chi connectivity index (χ3n) is 3.28. The SMILES string of the molecule is COc1c2c(nn1C(N)=O)C(C(N)=O)N1C=NC2C1. The Morgan fingerprint density at radius 3 is 2.79 bits per heavy atom. The Morgan fingerprint density at radius 2 is 2.21 bits per heavy atom. The summed E-state index contributed by atoms with van der Waals surface area (Å²) in [5.41, 5.74) is 11.6. The van der Waals surface area contributed by atoms with Gasteiger partial charge < -0.3 is 21.1 Å². The second kappa shape index (κ2) is 3.70. The maximum atomic E-state index is 11.6. The number of ether oxygens (including phenoxy) is 1. The highest BCUT2D eigenvalue weighted by Gasteiger charge is 2.44. The molecule has 0 radical (unpaired) electrons. The number of primary amides is 2. The van der Waals surface area contributed by atoms with E-state index in [1.54, 1.807) is 11.2 Å². The number of aliphatic imine (C=N–C) groups is 1. The first kappa shape index (κ1) is 11.5. The highest BCUT2D eigenvalue weighted by Crippen LogP contribution is 2.43. The molecule has 2 aliphatic heterocycles. The lowest BCUT2D eigenvalue weighted by Crippen LogP contribution is -2.39. The molecule has 0 aliphatic carbocycles. The first-order chi connectivity index (χ1) is 9.04. The van der Waals surface area contributed by atoms with Crippen molar-refractivity contribution in [3.8, 4) is 5.88 Å². The third kappa shape index (κ3) is 1.41. The monoisotopic (exact) mass is 264 g/mol. The number of methoxy groups -OCH3 is 1. The van der Waals surface area contributed by atoms with Crippen molar-refractivity contribution in [3.63, 3.8) is 0 Å². The summed E-state index contributed by atoms with van der Waals surface area (Å²) in [6, 6.07) is -1.77. The second-order valence-corrected chi connectivity index (χ2v) is 4.34. The minimum atomic E-state index is -0.788. The zero-order valence-electron chi connectivity index (χ0n) is 10.1. The zero-order valence-corrected chi connectivity index (χ0v) is 10.1. The van der Waals surface area contributed by atoms with Crippen molar-refractivity contribution in [1.82, 2.24) is 14.7 Å². The van der Waals surface area contributed by atoms with Gasteiger partial charge >= 0.3 is 6.03 Å². The Bertz CT molecular complexity index is 607. The topological polar surface area (TPSA) is 129 Å². The van der Waals surface area contributed by atoms with Crippen LogP contribution in [0.3, 0.4) is 0 Å². The standard InChI is InChI=1S/C10H12N6O3/c1-19-9-5-4-2-15(3-13-4)7(8(11)17)6(5)14-16(9)10(12)18/h3-4,7H,2H2,1H3,(H2,11,17)(H2,12,18). The molecule has 100 valence electrons. The zero-order chi connectivity index (χ0) is 13.7. The van der Waals surface area contributed by atoms with Crippen LogP contribution in [0.25, 0.3) is 0 Å². The summed E-state index contributed by atoms with van der Waals surface area (Å²) in [7, 11) is 1.40. The predicted molar refractivity (Wildman–Crippen MR) is 63.6 cm³/mol. The Labute approximate surface area is 107 Å². The minimum absolute atomic E-state index is 0.206. The third-order valence-corrected chi connectivity index (χ3v) is 3.28. The van der Waals surface area contributed by atoms with Crippen LogP contribution < -0.4 is 16.2 Å². The minimum Gasteiger partial charge on any atom is -0.481 e. The van der Waals surface area contributed by atoms with E-state index >= 15 is 0 Å². The van der Waals surface area contributed by atoms with Crippen molar-refractivity contribution in [2.75, 3.05) is 13.7 Å². The number of nitrogens with two attached hydrogens (primary N) is 2. The maximum absolute atomic E-state index is 11.6. The summed E-state index contributed by atoms with van der Waals surface area (Å²) in [6.07, 6.45) is 1.57. The second-order valence-electron chi connectivity index (χ2n) is 4.34. The van der Waals surface area contributed by atoms with Crippen molar-refractivity contribution in [2.24, 2.45) is 16.5 Å². The van der Waals surface area contributed by atoms with Crippen LogP contribution in [0.15, 0.2) is 4.99 Å². The van der Waals surface area contributed by atoms with Gasteiger partial charge in [0.15, 0.2) is 6.04 Å². The quantitative estimate of drug-likeness (QED) is 0.689. The van der Waals surface area contributed by atoms with E-state index in [1.807, 2.05) is 0 Å². The van der Waals surface area contributed by atoms with Gasteiger partial charge in [-0.1, -0.05) is 0 Å². The highest BCUT2D eigenvalue weighted by atomic mass is 16.5. The molecule has 19 heavy (non-hydrogen) atoms. The molecule has 2 atom stereocenters. The molecule has 3 rings (SSSR count). The van der Waals surface area contributed by atoms with Crippen LogP contribution >= 0.6 is 0 Å². The molecule has 0 fully saturated rings. The van der Waals surface area contributed by atoms with Crippen molar-refractivity contribution in [1.29, 1.82) is 0 Å². The van der Waals surface area contributed by atoms with Gasteiger partial charge in [0.1, 0.15) is 11.7 Å². The average molecular weight is 264 g/mol. The van der Waals surface area contributed by atoms with E-state index in [2.05, 4.69) is 10.1 Å². The normalized spacial score (nSPS) is 23.3. The van der Waals surface area contributed by atoms with E-state index in [9.17, 15) is 9.59 Å². The lowest BCUT2D eigenvalue weighted by atomic mass is 9.97. The Balaban J connectivity index is 2.24. The first-order valence-corrected chi connectivity index (χ1v) is 5.59. The largest absolute Gasteiger partial charge is 0.481 e. The van der Waals surface area contributed by atoms with Crippen LogP contribution in [0.4, 0.5) is 4.79 Å². The smallest absolute Gasteiger partial charge is 0.342 e. The number of hydrogen-bond donors (Lipinski definition) is 2. The van der Waals surface area contributed by atoms with Gasteiger partial charge in [0.25, 0.3) is 0 Å². The van der Waals surface area contributed by atoms with E-state index < -0.39 is 18.0 Å². The molecule has 1 aromatic heterocycles. The fourth-order valence-corrected chi connectivity index (χ4v) is 2.54. The van der Waals surface area contributed by atoms with E-state index in [1.165, 1.54) is 7.11 Å². The number of fused-ring (bicyclic) bond motifs is 4. The van der Waals surface area contributed by atoms with Crippen LogP contribution in [0.5, 0.6) is 5.88 Å². The van der Waals surface area contributed by atoms with Gasteiger partial charge in [-0.15, -0.1) is 4.68 Å². The molecular weight excluding hydrogens is 252 g/mol. The number of hydrogen-bond acceptors (Lipinski definition) is 6. The first-order valence-electron chi connectivity index (χ1n) is 5.59. The molecule has 9 nitrogen and oxygen atoms in total. The van der Waals surface area contributed by atoms with E-state index in [0.29, 0.717) is 17.8 Å². The molecule has 0 saturated heterocycles. The number of amides is 2. The molecule has 2 aliphatic rings. The molecule has 0 spiro atoms. The summed E-state index contributed by atoms with van der Waals surface area (Å²) in [5, 5.41) is 4.06. The van der Waals surface area contributed by atoms with Crippen LogP contribution in [0.1, 0.15) is 23.3 Å². The molecular formula is C10H12N6O3.